The van der Waals surface area contributed by atoms with Crippen LogP contribution in [0.5, 0.6) is 0 Å². The number of likely N-dealkylation sites (tertiary alicyclic amines) is 1. The molecule has 0 bridgehead atoms. The van der Waals surface area contributed by atoms with Gasteiger partial charge in [0.15, 0.2) is 5.79 Å². The summed E-state index contributed by atoms with van der Waals surface area (Å²) >= 11 is 0. The average molecular weight is 315 g/mol. The molecule has 7 heteroatoms. The molecule has 0 aromatic carbocycles. The number of carbonyl (C=O) groups excluding carboxylic acids is 2. The monoisotopic (exact) mass is 315 g/mol. The van der Waals surface area contributed by atoms with Crippen LogP contribution >= 0.6 is 0 Å². The van der Waals surface area contributed by atoms with E-state index in [9.17, 15) is 9.59 Å². The molecule has 1 atom stereocenters. The van der Waals surface area contributed by atoms with Crippen LogP contribution in [0, 0.1) is 5.92 Å². The Morgan fingerprint density at radius 1 is 1.27 bits per heavy atom. The summed E-state index contributed by atoms with van der Waals surface area (Å²) in [7, 11) is 0. The Balaban J connectivity index is 2.10. The molecule has 22 heavy (non-hydrogen) atoms. The van der Waals surface area contributed by atoms with E-state index < -0.39 is 29.4 Å². The summed E-state index contributed by atoms with van der Waals surface area (Å²) in [4.78, 5) is 26.0. The van der Waals surface area contributed by atoms with Crippen molar-refractivity contribution in [1.29, 1.82) is 0 Å². The van der Waals surface area contributed by atoms with Crippen LogP contribution < -0.4 is 0 Å². The summed E-state index contributed by atoms with van der Waals surface area (Å²) in [5.41, 5.74) is -0.577. The van der Waals surface area contributed by atoms with Gasteiger partial charge in [-0.3, -0.25) is 4.79 Å². The maximum atomic E-state index is 12.3. The number of rotatable bonds is 2. The van der Waals surface area contributed by atoms with Crippen LogP contribution in [0.4, 0.5) is 4.79 Å². The van der Waals surface area contributed by atoms with E-state index in [2.05, 4.69) is 0 Å². The van der Waals surface area contributed by atoms with Crippen LogP contribution in [0.3, 0.4) is 0 Å². The van der Waals surface area contributed by atoms with Gasteiger partial charge in [0.25, 0.3) is 0 Å². The molecule has 2 aliphatic heterocycles. The number of nitrogens with zero attached hydrogens (tertiary/aromatic N) is 1. The molecule has 1 unspecified atom stereocenters. The van der Waals surface area contributed by atoms with Gasteiger partial charge < -0.3 is 23.8 Å². The standard InChI is InChI=1S/C15H25NO6/c1-5-19-12(17)11-10-16(13(18)22-14(2,3)4)7-6-15(11)20-8-9-21-15/h11H,5-10H2,1-4H3. The number of hydrogen-bond donors (Lipinski definition) is 0. The van der Waals surface area contributed by atoms with E-state index in [1.807, 2.05) is 20.8 Å². The highest BCUT2D eigenvalue weighted by atomic mass is 16.7. The Bertz CT molecular complexity index is 424. The van der Waals surface area contributed by atoms with Crippen molar-refractivity contribution in [2.75, 3.05) is 32.9 Å². The van der Waals surface area contributed by atoms with Gasteiger partial charge in [-0.25, -0.2) is 4.79 Å². The summed E-state index contributed by atoms with van der Waals surface area (Å²) in [6, 6.07) is 0. The molecule has 2 fully saturated rings. The summed E-state index contributed by atoms with van der Waals surface area (Å²) in [5.74, 6) is -2.03. The maximum absolute atomic E-state index is 12.3. The van der Waals surface area contributed by atoms with E-state index in [-0.39, 0.29) is 13.2 Å². The van der Waals surface area contributed by atoms with Gasteiger partial charge in [-0.05, 0) is 27.7 Å². The Labute approximate surface area is 130 Å². The van der Waals surface area contributed by atoms with Crippen molar-refractivity contribution in [3.8, 4) is 0 Å². The van der Waals surface area contributed by atoms with E-state index in [1.165, 1.54) is 4.90 Å². The molecule has 1 spiro atoms. The van der Waals surface area contributed by atoms with E-state index in [0.717, 1.165) is 0 Å². The summed E-state index contributed by atoms with van der Waals surface area (Å²) in [5, 5.41) is 0. The van der Waals surface area contributed by atoms with Crippen LogP contribution in [0.25, 0.3) is 0 Å². The van der Waals surface area contributed by atoms with Gasteiger partial charge in [-0.15, -0.1) is 0 Å². The van der Waals surface area contributed by atoms with Gasteiger partial charge in [0.05, 0.1) is 19.8 Å². The third-order valence-corrected chi connectivity index (χ3v) is 3.66. The minimum Gasteiger partial charge on any atom is -0.466 e. The van der Waals surface area contributed by atoms with Gasteiger partial charge in [0.2, 0.25) is 0 Å². The van der Waals surface area contributed by atoms with E-state index in [4.69, 9.17) is 18.9 Å². The lowest BCUT2D eigenvalue weighted by atomic mass is 9.90. The third kappa shape index (κ3) is 3.70. The first-order valence-corrected chi connectivity index (χ1v) is 7.70. The summed E-state index contributed by atoms with van der Waals surface area (Å²) in [6.07, 6.45) is -0.00920. The normalized spacial score (nSPS) is 24.4. The van der Waals surface area contributed by atoms with Crippen molar-refractivity contribution in [1.82, 2.24) is 4.90 Å². The molecule has 2 aliphatic rings. The fourth-order valence-corrected chi connectivity index (χ4v) is 2.72. The predicted molar refractivity (Wildman–Crippen MR) is 77.2 cm³/mol. The zero-order valence-electron chi connectivity index (χ0n) is 13.7. The summed E-state index contributed by atoms with van der Waals surface area (Å²) in [6.45, 7) is 8.93. The van der Waals surface area contributed by atoms with Gasteiger partial charge in [-0.1, -0.05) is 0 Å². The summed E-state index contributed by atoms with van der Waals surface area (Å²) < 4.78 is 21.9. The van der Waals surface area contributed by atoms with Crippen LogP contribution in [0.2, 0.25) is 0 Å². The SMILES string of the molecule is CCOC(=O)C1CN(C(=O)OC(C)(C)C)CCC12OCCO2. The zero-order chi connectivity index (χ0) is 16.4. The van der Waals surface area contributed by atoms with E-state index in [0.29, 0.717) is 26.2 Å². The average Bonchev–Trinajstić information content (AvgIpc) is 2.86. The Hall–Kier alpha value is -1.34. The first-order valence-electron chi connectivity index (χ1n) is 7.70. The highest BCUT2D eigenvalue weighted by molar-refractivity contribution is 5.76. The van der Waals surface area contributed by atoms with Gasteiger partial charge >= 0.3 is 12.1 Å². The quantitative estimate of drug-likeness (QED) is 0.720. The Morgan fingerprint density at radius 3 is 2.45 bits per heavy atom. The topological polar surface area (TPSA) is 74.3 Å². The van der Waals surface area contributed by atoms with Crippen LogP contribution in [0.15, 0.2) is 0 Å². The minimum atomic E-state index is -0.967. The van der Waals surface area contributed by atoms with E-state index >= 15 is 0 Å². The van der Waals surface area contributed by atoms with Crippen molar-refractivity contribution in [3.63, 3.8) is 0 Å². The second-order valence-electron chi connectivity index (χ2n) is 6.49. The number of carbonyl (C=O) groups is 2. The Kier molecular flexibility index (Phi) is 4.97. The molecule has 0 N–H and O–H groups in total. The highest BCUT2D eigenvalue weighted by Gasteiger charge is 2.53. The molecule has 2 saturated heterocycles. The molecule has 0 radical (unpaired) electrons. The molecule has 0 aliphatic carbocycles. The van der Waals surface area contributed by atoms with E-state index in [1.54, 1.807) is 6.92 Å². The fraction of sp³-hybridized carbons (Fsp3) is 0.867. The zero-order valence-corrected chi connectivity index (χ0v) is 13.7. The van der Waals surface area contributed by atoms with Gasteiger partial charge in [0.1, 0.15) is 11.5 Å². The number of esters is 1. The fourth-order valence-electron chi connectivity index (χ4n) is 2.72. The second kappa shape index (κ2) is 6.42. The van der Waals surface area contributed by atoms with Crippen molar-refractivity contribution in [2.24, 2.45) is 5.92 Å². The number of hydrogen-bond acceptors (Lipinski definition) is 6. The lowest BCUT2D eigenvalue weighted by Gasteiger charge is -2.42. The molecule has 2 heterocycles. The van der Waals surface area contributed by atoms with Gasteiger partial charge in [-0.2, -0.15) is 0 Å². The predicted octanol–water partition coefficient (Wildman–Crippen LogP) is 1.55. The number of piperidine rings is 1. The first kappa shape index (κ1) is 17.0. The minimum absolute atomic E-state index is 0.174. The van der Waals surface area contributed by atoms with Crippen LogP contribution in [-0.4, -0.2) is 61.3 Å². The lowest BCUT2D eigenvalue weighted by molar-refractivity contribution is -0.226. The number of ether oxygens (including phenoxy) is 4. The number of amides is 1. The molecule has 0 aromatic rings. The van der Waals surface area contributed by atoms with Crippen molar-refractivity contribution in [2.45, 2.75) is 45.5 Å². The van der Waals surface area contributed by atoms with Crippen LogP contribution in [0.1, 0.15) is 34.1 Å². The molecular weight excluding hydrogens is 290 g/mol. The van der Waals surface area contributed by atoms with Crippen molar-refractivity contribution in [3.05, 3.63) is 0 Å². The van der Waals surface area contributed by atoms with Crippen LogP contribution in [-0.2, 0) is 23.7 Å². The molecule has 1 amide bonds. The lowest BCUT2D eigenvalue weighted by Crippen LogP contribution is -2.57. The first-order chi connectivity index (χ1) is 10.3. The molecule has 0 aromatic heterocycles. The second-order valence-corrected chi connectivity index (χ2v) is 6.49. The smallest absolute Gasteiger partial charge is 0.410 e. The van der Waals surface area contributed by atoms with Crippen molar-refractivity contribution < 1.29 is 28.5 Å². The molecule has 7 nitrogen and oxygen atoms in total. The molecule has 126 valence electrons. The largest absolute Gasteiger partial charge is 0.466 e. The maximum Gasteiger partial charge on any atom is 0.410 e. The molecular formula is C15H25NO6. The Morgan fingerprint density at radius 2 is 1.91 bits per heavy atom. The van der Waals surface area contributed by atoms with Crippen molar-refractivity contribution >= 4 is 12.1 Å². The molecule has 0 saturated carbocycles. The highest BCUT2D eigenvalue weighted by Crippen LogP contribution is 2.37. The molecule has 2 rings (SSSR count). The van der Waals surface area contributed by atoms with Gasteiger partial charge in [0, 0.05) is 19.5 Å². The third-order valence-electron chi connectivity index (χ3n) is 3.66.